The fourth-order valence-corrected chi connectivity index (χ4v) is 2.86. The van der Waals surface area contributed by atoms with Crippen LogP contribution in [0.15, 0.2) is 30.3 Å². The van der Waals surface area contributed by atoms with E-state index in [-0.39, 0.29) is 5.56 Å². The second-order valence-electron chi connectivity index (χ2n) is 6.34. The lowest BCUT2D eigenvalue weighted by molar-refractivity contribution is -0.119. The average Bonchev–Trinajstić information content (AvgIpc) is 2.97. The van der Waals surface area contributed by atoms with E-state index >= 15 is 0 Å². The number of hydrogen-bond donors (Lipinski definition) is 1. The van der Waals surface area contributed by atoms with Gasteiger partial charge in [0.15, 0.2) is 18.1 Å². The molecule has 1 aliphatic rings. The molecule has 2 aromatic carbocycles. The van der Waals surface area contributed by atoms with E-state index in [2.05, 4.69) is 5.32 Å². The SMILES string of the molecule is COc1cc(C(=O)OCC(=O)Nc2ccc3c(c2)OCCCO3)cc(OC)c1C. The van der Waals surface area contributed by atoms with Crippen LogP contribution in [0.3, 0.4) is 0 Å². The van der Waals surface area contributed by atoms with Crippen molar-refractivity contribution in [3.63, 3.8) is 0 Å². The summed E-state index contributed by atoms with van der Waals surface area (Å²) in [4.78, 5) is 24.5. The Morgan fingerprint density at radius 3 is 2.31 bits per heavy atom. The Hall–Kier alpha value is -3.42. The van der Waals surface area contributed by atoms with Crippen molar-refractivity contribution in [3.8, 4) is 23.0 Å². The Kier molecular flexibility index (Phi) is 6.43. The number of ether oxygens (including phenoxy) is 5. The smallest absolute Gasteiger partial charge is 0.338 e. The predicted molar refractivity (Wildman–Crippen MR) is 105 cm³/mol. The number of carbonyl (C=O) groups excluding carboxylic acids is 2. The first-order valence-corrected chi connectivity index (χ1v) is 9.11. The molecule has 154 valence electrons. The monoisotopic (exact) mass is 401 g/mol. The van der Waals surface area contributed by atoms with Gasteiger partial charge in [-0.15, -0.1) is 0 Å². The lowest BCUT2D eigenvalue weighted by Gasteiger charge is -2.13. The average molecular weight is 401 g/mol. The van der Waals surface area contributed by atoms with E-state index < -0.39 is 18.5 Å². The number of methoxy groups -OCH3 is 2. The third kappa shape index (κ3) is 4.90. The first-order chi connectivity index (χ1) is 14.0. The van der Waals surface area contributed by atoms with E-state index in [4.69, 9.17) is 23.7 Å². The molecular formula is C21H23NO7. The normalized spacial score (nSPS) is 12.5. The number of fused-ring (bicyclic) bond motifs is 1. The van der Waals surface area contributed by atoms with Gasteiger partial charge in [0.25, 0.3) is 5.91 Å². The van der Waals surface area contributed by atoms with Gasteiger partial charge in [-0.25, -0.2) is 4.79 Å². The van der Waals surface area contributed by atoms with Crippen LogP contribution >= 0.6 is 0 Å². The van der Waals surface area contributed by atoms with Gasteiger partial charge in [-0.1, -0.05) is 0 Å². The second kappa shape index (κ2) is 9.18. The van der Waals surface area contributed by atoms with Gasteiger partial charge in [-0.05, 0) is 31.2 Å². The van der Waals surface area contributed by atoms with E-state index in [9.17, 15) is 9.59 Å². The number of rotatable bonds is 6. The van der Waals surface area contributed by atoms with Crippen molar-refractivity contribution < 1.29 is 33.3 Å². The summed E-state index contributed by atoms with van der Waals surface area (Å²) >= 11 is 0. The lowest BCUT2D eigenvalue weighted by Crippen LogP contribution is -2.21. The van der Waals surface area contributed by atoms with E-state index in [1.54, 1.807) is 30.3 Å². The number of anilines is 1. The predicted octanol–water partition coefficient (Wildman–Crippen LogP) is 2.97. The maximum absolute atomic E-state index is 12.3. The van der Waals surface area contributed by atoms with Crippen molar-refractivity contribution in [2.45, 2.75) is 13.3 Å². The zero-order valence-corrected chi connectivity index (χ0v) is 16.6. The summed E-state index contributed by atoms with van der Waals surface area (Å²) in [6.45, 7) is 2.51. The summed E-state index contributed by atoms with van der Waals surface area (Å²) in [6, 6.07) is 8.19. The van der Waals surface area contributed by atoms with Crippen LogP contribution < -0.4 is 24.3 Å². The number of benzene rings is 2. The number of nitrogens with one attached hydrogen (secondary N) is 1. The van der Waals surface area contributed by atoms with Gasteiger partial charge in [-0.2, -0.15) is 0 Å². The van der Waals surface area contributed by atoms with Gasteiger partial charge in [-0.3, -0.25) is 4.79 Å². The Morgan fingerprint density at radius 1 is 1.00 bits per heavy atom. The van der Waals surface area contributed by atoms with Crippen molar-refractivity contribution in [3.05, 3.63) is 41.5 Å². The van der Waals surface area contributed by atoms with E-state index in [1.807, 2.05) is 6.92 Å². The fourth-order valence-electron chi connectivity index (χ4n) is 2.86. The number of carbonyl (C=O) groups is 2. The molecule has 0 bridgehead atoms. The zero-order chi connectivity index (χ0) is 20.8. The molecule has 0 spiro atoms. The van der Waals surface area contributed by atoms with Crippen LogP contribution in [0.2, 0.25) is 0 Å². The van der Waals surface area contributed by atoms with Gasteiger partial charge in [0, 0.05) is 23.7 Å². The first-order valence-electron chi connectivity index (χ1n) is 9.11. The molecule has 0 unspecified atom stereocenters. The molecule has 0 radical (unpaired) electrons. The molecule has 1 heterocycles. The molecule has 0 aromatic heterocycles. The summed E-state index contributed by atoms with van der Waals surface area (Å²) in [7, 11) is 3.00. The summed E-state index contributed by atoms with van der Waals surface area (Å²) in [5.41, 5.74) is 1.51. The molecule has 0 atom stereocenters. The van der Waals surface area contributed by atoms with Crippen molar-refractivity contribution >= 4 is 17.6 Å². The summed E-state index contributed by atoms with van der Waals surface area (Å²) in [5.74, 6) is 1.06. The van der Waals surface area contributed by atoms with E-state index in [0.29, 0.717) is 41.9 Å². The van der Waals surface area contributed by atoms with Gasteiger partial charge < -0.3 is 29.0 Å². The topological polar surface area (TPSA) is 92.3 Å². The molecule has 0 saturated heterocycles. The van der Waals surface area contributed by atoms with Crippen molar-refractivity contribution in [2.75, 3.05) is 39.4 Å². The largest absolute Gasteiger partial charge is 0.496 e. The molecule has 0 fully saturated rings. The Bertz CT molecular complexity index is 885. The van der Waals surface area contributed by atoms with Crippen molar-refractivity contribution in [1.29, 1.82) is 0 Å². The standard InChI is InChI=1S/C21H23NO7/c1-13-17(25-2)9-14(10-18(13)26-3)21(24)29-12-20(23)22-15-5-6-16-19(11-15)28-8-4-7-27-16/h5-6,9-11H,4,7-8,12H2,1-3H3,(H,22,23). The highest BCUT2D eigenvalue weighted by molar-refractivity contribution is 5.96. The number of hydrogen-bond acceptors (Lipinski definition) is 7. The molecule has 0 aliphatic carbocycles. The quantitative estimate of drug-likeness (QED) is 0.744. The summed E-state index contributed by atoms with van der Waals surface area (Å²) in [6.07, 6.45) is 0.793. The van der Waals surface area contributed by atoms with Crippen molar-refractivity contribution in [1.82, 2.24) is 0 Å². The zero-order valence-electron chi connectivity index (χ0n) is 16.6. The molecule has 3 rings (SSSR count). The number of esters is 1. The van der Waals surface area contributed by atoms with Gasteiger partial charge in [0.2, 0.25) is 0 Å². The molecule has 2 aromatic rings. The Balaban J connectivity index is 1.61. The minimum atomic E-state index is -0.657. The highest BCUT2D eigenvalue weighted by atomic mass is 16.5. The lowest BCUT2D eigenvalue weighted by atomic mass is 10.1. The third-order valence-electron chi connectivity index (χ3n) is 4.35. The minimum absolute atomic E-state index is 0.229. The van der Waals surface area contributed by atoms with E-state index in [0.717, 1.165) is 12.0 Å². The maximum atomic E-state index is 12.3. The molecule has 0 saturated carbocycles. The molecule has 8 nitrogen and oxygen atoms in total. The first kappa shape index (κ1) is 20.3. The number of amides is 1. The maximum Gasteiger partial charge on any atom is 0.338 e. The molecule has 8 heteroatoms. The van der Waals surface area contributed by atoms with Crippen LogP contribution in [0.4, 0.5) is 5.69 Å². The van der Waals surface area contributed by atoms with Crippen LogP contribution in [-0.4, -0.2) is 45.9 Å². The third-order valence-corrected chi connectivity index (χ3v) is 4.35. The van der Waals surface area contributed by atoms with E-state index in [1.165, 1.54) is 14.2 Å². The Labute approximate surface area is 168 Å². The molecular weight excluding hydrogens is 378 g/mol. The molecule has 1 amide bonds. The highest BCUT2D eigenvalue weighted by Gasteiger charge is 2.17. The summed E-state index contributed by atoms with van der Waals surface area (Å²) < 4.78 is 26.8. The molecule has 29 heavy (non-hydrogen) atoms. The van der Waals surface area contributed by atoms with Crippen LogP contribution in [0, 0.1) is 6.92 Å². The molecule has 1 N–H and O–H groups in total. The second-order valence-corrected chi connectivity index (χ2v) is 6.34. The van der Waals surface area contributed by atoms with Crippen LogP contribution in [0.5, 0.6) is 23.0 Å². The summed E-state index contributed by atoms with van der Waals surface area (Å²) in [5, 5.41) is 2.67. The highest BCUT2D eigenvalue weighted by Crippen LogP contribution is 2.32. The fraction of sp³-hybridized carbons (Fsp3) is 0.333. The molecule has 1 aliphatic heterocycles. The van der Waals surface area contributed by atoms with Gasteiger partial charge >= 0.3 is 5.97 Å². The van der Waals surface area contributed by atoms with Crippen LogP contribution in [-0.2, 0) is 9.53 Å². The minimum Gasteiger partial charge on any atom is -0.496 e. The Morgan fingerprint density at radius 2 is 1.66 bits per heavy atom. The van der Waals surface area contributed by atoms with Crippen molar-refractivity contribution in [2.24, 2.45) is 0 Å². The van der Waals surface area contributed by atoms with Crippen LogP contribution in [0.1, 0.15) is 22.3 Å². The van der Waals surface area contributed by atoms with Gasteiger partial charge in [0.1, 0.15) is 11.5 Å². The van der Waals surface area contributed by atoms with Crippen LogP contribution in [0.25, 0.3) is 0 Å². The van der Waals surface area contributed by atoms with Gasteiger partial charge in [0.05, 0.1) is 33.0 Å².